The summed E-state index contributed by atoms with van der Waals surface area (Å²) in [6, 6.07) is 15.1. The average molecular weight is 564 g/mol. The van der Waals surface area contributed by atoms with Gasteiger partial charge in [0.25, 0.3) is 0 Å². The fourth-order valence-corrected chi connectivity index (χ4v) is 4.49. The zero-order chi connectivity index (χ0) is 22.2. The van der Waals surface area contributed by atoms with Crippen LogP contribution in [0.4, 0.5) is 5.82 Å². The molecule has 0 unspecified atom stereocenters. The van der Waals surface area contributed by atoms with Gasteiger partial charge in [-0.1, -0.05) is 37.3 Å². The highest BCUT2D eigenvalue weighted by Gasteiger charge is 2.20. The van der Waals surface area contributed by atoms with Gasteiger partial charge in [-0.05, 0) is 29.8 Å². The third kappa shape index (κ3) is 7.28. The summed E-state index contributed by atoms with van der Waals surface area (Å²) in [6.45, 7) is 13.8. The molecule has 2 aliphatic heterocycles. The lowest BCUT2D eigenvalue weighted by atomic mass is 10.1. The van der Waals surface area contributed by atoms with E-state index in [1.165, 1.54) is 43.9 Å². The second-order valence-electron chi connectivity index (χ2n) is 8.59. The lowest BCUT2D eigenvalue weighted by molar-refractivity contribution is 0.132. The number of aromatic nitrogens is 1. The van der Waals surface area contributed by atoms with Crippen molar-refractivity contribution < 1.29 is 0 Å². The van der Waals surface area contributed by atoms with Gasteiger partial charge in [0.05, 0.1) is 0 Å². The van der Waals surface area contributed by atoms with Gasteiger partial charge in [0.1, 0.15) is 5.82 Å². The van der Waals surface area contributed by atoms with Gasteiger partial charge in [0.2, 0.25) is 0 Å². The first-order valence-electron chi connectivity index (χ1n) is 11.9. The summed E-state index contributed by atoms with van der Waals surface area (Å²) in [4.78, 5) is 18.8. The van der Waals surface area contributed by atoms with Gasteiger partial charge in [-0.3, -0.25) is 9.89 Å². The van der Waals surface area contributed by atoms with Crippen LogP contribution in [0, 0.1) is 0 Å². The Morgan fingerprint density at radius 2 is 1.55 bits per heavy atom. The number of halogens is 1. The number of nitrogens with zero attached hydrogens (tertiary/aromatic N) is 6. The monoisotopic (exact) mass is 563 g/mol. The maximum atomic E-state index is 4.52. The number of guanidine groups is 1. The molecule has 3 heterocycles. The van der Waals surface area contributed by atoms with Crippen molar-refractivity contribution in [3.05, 3.63) is 59.8 Å². The molecule has 180 valence electrons. The van der Waals surface area contributed by atoms with Crippen LogP contribution in [0.2, 0.25) is 0 Å². The molecule has 0 amide bonds. The number of aliphatic imine (C=N–C) groups is 1. The number of benzene rings is 1. The number of rotatable bonds is 6. The number of likely N-dealkylation sites (N-methyl/N-ethyl adjacent to an activating group) is 1. The molecule has 0 aliphatic carbocycles. The largest absolute Gasteiger partial charge is 0.353 e. The van der Waals surface area contributed by atoms with Crippen LogP contribution >= 0.6 is 24.0 Å². The molecule has 0 spiro atoms. The first-order valence-corrected chi connectivity index (χ1v) is 11.9. The molecule has 4 rings (SSSR count). The number of hydrogen-bond donors (Lipinski definition) is 1. The number of nitrogens with one attached hydrogen (secondary N) is 1. The molecular weight excluding hydrogens is 525 g/mol. The van der Waals surface area contributed by atoms with E-state index >= 15 is 0 Å². The maximum Gasteiger partial charge on any atom is 0.194 e. The number of piperazine rings is 2. The summed E-state index contributed by atoms with van der Waals surface area (Å²) in [5.74, 6) is 2.03. The Hall–Kier alpha value is -1.91. The summed E-state index contributed by atoms with van der Waals surface area (Å²) < 4.78 is 0. The van der Waals surface area contributed by atoms with Crippen molar-refractivity contribution in [3.63, 3.8) is 0 Å². The number of hydrogen-bond acceptors (Lipinski definition) is 5. The number of pyridine rings is 1. The van der Waals surface area contributed by atoms with E-state index in [1.54, 1.807) is 0 Å². The Morgan fingerprint density at radius 3 is 2.15 bits per heavy atom. The summed E-state index contributed by atoms with van der Waals surface area (Å²) in [5, 5.41) is 3.55. The molecule has 1 N–H and O–H groups in total. The van der Waals surface area contributed by atoms with Crippen molar-refractivity contribution >= 4 is 35.8 Å². The van der Waals surface area contributed by atoms with Crippen LogP contribution in [0.5, 0.6) is 0 Å². The van der Waals surface area contributed by atoms with E-state index < -0.39 is 0 Å². The smallest absolute Gasteiger partial charge is 0.194 e. The fraction of sp³-hybridized carbons (Fsp3) is 0.520. The predicted octanol–water partition coefficient (Wildman–Crippen LogP) is 2.73. The minimum absolute atomic E-state index is 0. The van der Waals surface area contributed by atoms with E-state index in [-0.39, 0.29) is 24.0 Å². The third-order valence-electron chi connectivity index (χ3n) is 6.56. The number of anilines is 1. The van der Waals surface area contributed by atoms with Crippen LogP contribution < -0.4 is 10.2 Å². The van der Waals surface area contributed by atoms with Gasteiger partial charge < -0.3 is 20.0 Å². The van der Waals surface area contributed by atoms with Gasteiger partial charge in [0, 0.05) is 78.7 Å². The molecule has 0 radical (unpaired) electrons. The van der Waals surface area contributed by atoms with Crippen molar-refractivity contribution in [2.24, 2.45) is 4.99 Å². The first kappa shape index (κ1) is 25.7. The van der Waals surface area contributed by atoms with Crippen LogP contribution in [0.1, 0.15) is 18.1 Å². The molecule has 1 aromatic carbocycles. The molecule has 2 aliphatic rings. The third-order valence-corrected chi connectivity index (χ3v) is 6.56. The van der Waals surface area contributed by atoms with E-state index in [4.69, 9.17) is 0 Å². The zero-order valence-corrected chi connectivity index (χ0v) is 22.3. The van der Waals surface area contributed by atoms with Crippen LogP contribution in [-0.2, 0) is 13.1 Å². The Labute approximate surface area is 215 Å². The molecule has 1 aromatic heterocycles. The Morgan fingerprint density at radius 1 is 0.879 bits per heavy atom. The fourth-order valence-electron chi connectivity index (χ4n) is 4.49. The van der Waals surface area contributed by atoms with E-state index in [1.807, 2.05) is 25.4 Å². The zero-order valence-electron chi connectivity index (χ0n) is 20.0. The molecule has 0 saturated carbocycles. The highest BCUT2D eigenvalue weighted by molar-refractivity contribution is 14.0. The van der Waals surface area contributed by atoms with Crippen LogP contribution in [0.25, 0.3) is 0 Å². The van der Waals surface area contributed by atoms with Gasteiger partial charge in [-0.15, -0.1) is 24.0 Å². The van der Waals surface area contributed by atoms with Crippen molar-refractivity contribution in [2.45, 2.75) is 20.0 Å². The molecule has 2 saturated heterocycles. The highest BCUT2D eigenvalue weighted by atomic mass is 127. The lowest BCUT2D eigenvalue weighted by Crippen LogP contribution is -2.52. The molecule has 8 heteroatoms. The van der Waals surface area contributed by atoms with Crippen molar-refractivity contribution in [1.82, 2.24) is 25.0 Å². The Kier molecular flexibility index (Phi) is 10.2. The molecule has 33 heavy (non-hydrogen) atoms. The minimum atomic E-state index is 0. The Balaban J connectivity index is 0.00000306. The van der Waals surface area contributed by atoms with Crippen molar-refractivity contribution in [3.8, 4) is 0 Å². The summed E-state index contributed by atoms with van der Waals surface area (Å²) >= 11 is 0. The van der Waals surface area contributed by atoms with E-state index in [0.717, 1.165) is 51.0 Å². The highest BCUT2D eigenvalue weighted by Crippen LogP contribution is 2.13. The van der Waals surface area contributed by atoms with Gasteiger partial charge in [0.15, 0.2) is 5.96 Å². The minimum Gasteiger partial charge on any atom is -0.353 e. The van der Waals surface area contributed by atoms with Crippen LogP contribution in [0.15, 0.2) is 53.7 Å². The van der Waals surface area contributed by atoms with E-state index in [2.05, 4.69) is 72.1 Å². The standard InChI is InChI=1S/C25H37N7.HI/c1-3-29-12-14-30(15-13-29)21-23-9-7-22(8-10-23)20-28-25(26-2)32-18-16-31(17-19-32)24-6-4-5-11-27-24;/h4-11H,3,12-21H2,1-2H3,(H,26,28);1H. The molecule has 2 aromatic rings. The molecule has 7 nitrogen and oxygen atoms in total. The summed E-state index contributed by atoms with van der Waals surface area (Å²) in [7, 11) is 1.87. The van der Waals surface area contributed by atoms with Crippen molar-refractivity contribution in [1.29, 1.82) is 0 Å². The first-order chi connectivity index (χ1) is 15.7. The predicted molar refractivity (Wildman–Crippen MR) is 147 cm³/mol. The molecule has 2 fully saturated rings. The van der Waals surface area contributed by atoms with Crippen molar-refractivity contribution in [2.75, 3.05) is 70.9 Å². The summed E-state index contributed by atoms with van der Waals surface area (Å²) in [5.41, 5.74) is 2.69. The topological polar surface area (TPSA) is 50.2 Å². The van der Waals surface area contributed by atoms with E-state index in [9.17, 15) is 0 Å². The lowest BCUT2D eigenvalue weighted by Gasteiger charge is -2.37. The molecule has 0 bridgehead atoms. The van der Waals surface area contributed by atoms with Crippen LogP contribution in [-0.4, -0.2) is 91.6 Å². The maximum absolute atomic E-state index is 4.52. The van der Waals surface area contributed by atoms with Gasteiger partial charge in [-0.2, -0.15) is 0 Å². The molecule has 0 atom stereocenters. The van der Waals surface area contributed by atoms with Gasteiger partial charge in [-0.25, -0.2) is 4.98 Å². The van der Waals surface area contributed by atoms with Gasteiger partial charge >= 0.3 is 0 Å². The average Bonchev–Trinajstić information content (AvgIpc) is 2.87. The normalized spacial score (nSPS) is 18.2. The molecular formula is C25H38IN7. The van der Waals surface area contributed by atoms with E-state index in [0.29, 0.717) is 0 Å². The second kappa shape index (κ2) is 13.1. The Bertz CT molecular complexity index is 843. The van der Waals surface area contributed by atoms with Crippen LogP contribution in [0.3, 0.4) is 0 Å². The summed E-state index contributed by atoms with van der Waals surface area (Å²) in [6.07, 6.45) is 1.86. The SMILES string of the molecule is CCN1CCN(Cc2ccc(CNC(=NC)N3CCN(c4ccccn4)CC3)cc2)CC1.I. The second-order valence-corrected chi connectivity index (χ2v) is 8.59. The quantitative estimate of drug-likeness (QED) is 0.332.